The van der Waals surface area contributed by atoms with Crippen molar-refractivity contribution in [2.45, 2.75) is 38.0 Å². The number of benzene rings is 1. The van der Waals surface area contributed by atoms with Gasteiger partial charge in [-0.2, -0.15) is 0 Å². The van der Waals surface area contributed by atoms with E-state index in [1.807, 2.05) is 17.0 Å². The van der Waals surface area contributed by atoms with Crippen LogP contribution in [0.5, 0.6) is 11.5 Å². The summed E-state index contributed by atoms with van der Waals surface area (Å²) in [5.74, 6) is 1.37. The monoisotopic (exact) mass is 333 g/mol. The summed E-state index contributed by atoms with van der Waals surface area (Å²) in [6, 6.07) is 5.43. The molecule has 3 aliphatic heterocycles. The standard InChI is InChI=1S/C18H23NO5/c20-17(13-5-6-15-16(12-13)22-9-3-8-21-15)19-7-2-1-4-14(19)18-23-10-11-24-18/h5-6,12,14,18H,1-4,7-11H2/t14-/m1/s1. The van der Waals surface area contributed by atoms with Gasteiger partial charge in [0.05, 0.1) is 32.5 Å². The number of fused-ring (bicyclic) bond motifs is 1. The van der Waals surface area contributed by atoms with Gasteiger partial charge in [0.25, 0.3) is 5.91 Å². The summed E-state index contributed by atoms with van der Waals surface area (Å²) in [6.45, 7) is 3.20. The molecule has 2 fully saturated rings. The van der Waals surface area contributed by atoms with Crippen LogP contribution in [0.1, 0.15) is 36.0 Å². The number of carbonyl (C=O) groups is 1. The summed E-state index contributed by atoms with van der Waals surface area (Å²) in [6.07, 6.45) is 3.58. The highest BCUT2D eigenvalue weighted by Gasteiger charge is 2.36. The Hall–Kier alpha value is -1.79. The first kappa shape index (κ1) is 15.7. The summed E-state index contributed by atoms with van der Waals surface area (Å²) in [5.41, 5.74) is 0.629. The van der Waals surface area contributed by atoms with Crippen molar-refractivity contribution in [3.63, 3.8) is 0 Å². The summed E-state index contributed by atoms with van der Waals surface area (Å²) in [5, 5.41) is 0. The average Bonchev–Trinajstić information content (AvgIpc) is 3.06. The number of likely N-dealkylation sites (tertiary alicyclic amines) is 1. The maximum atomic E-state index is 13.1. The second-order valence-electron chi connectivity index (χ2n) is 6.38. The van der Waals surface area contributed by atoms with Crippen molar-refractivity contribution in [3.8, 4) is 11.5 Å². The van der Waals surface area contributed by atoms with Crippen molar-refractivity contribution >= 4 is 5.91 Å². The second-order valence-corrected chi connectivity index (χ2v) is 6.38. The van der Waals surface area contributed by atoms with E-state index in [1.54, 1.807) is 6.07 Å². The van der Waals surface area contributed by atoms with Crippen LogP contribution in [0.15, 0.2) is 18.2 Å². The first-order valence-electron chi connectivity index (χ1n) is 8.77. The van der Waals surface area contributed by atoms with E-state index in [9.17, 15) is 4.79 Å². The molecule has 3 heterocycles. The van der Waals surface area contributed by atoms with E-state index in [-0.39, 0.29) is 18.2 Å². The van der Waals surface area contributed by atoms with Gasteiger partial charge in [0, 0.05) is 18.5 Å². The normalized spacial score (nSPS) is 24.7. The molecule has 0 saturated carbocycles. The number of hydrogen-bond acceptors (Lipinski definition) is 5. The predicted octanol–water partition coefficient (Wildman–Crippen LogP) is 2.22. The Morgan fingerprint density at radius 1 is 0.958 bits per heavy atom. The summed E-state index contributed by atoms with van der Waals surface area (Å²) >= 11 is 0. The van der Waals surface area contributed by atoms with Crippen molar-refractivity contribution in [2.24, 2.45) is 0 Å². The molecule has 6 nitrogen and oxygen atoms in total. The maximum absolute atomic E-state index is 13.1. The van der Waals surface area contributed by atoms with Crippen LogP contribution in [0, 0.1) is 0 Å². The van der Waals surface area contributed by atoms with Gasteiger partial charge in [0.1, 0.15) is 0 Å². The van der Waals surface area contributed by atoms with Crippen molar-refractivity contribution < 1.29 is 23.7 Å². The Morgan fingerprint density at radius 2 is 1.75 bits per heavy atom. The van der Waals surface area contributed by atoms with Crippen LogP contribution >= 0.6 is 0 Å². The number of nitrogens with zero attached hydrogens (tertiary/aromatic N) is 1. The van der Waals surface area contributed by atoms with Gasteiger partial charge in [0.15, 0.2) is 17.8 Å². The molecule has 24 heavy (non-hydrogen) atoms. The first-order valence-corrected chi connectivity index (χ1v) is 8.77. The molecule has 3 aliphatic rings. The number of hydrogen-bond donors (Lipinski definition) is 0. The Labute approximate surface area is 141 Å². The van der Waals surface area contributed by atoms with Gasteiger partial charge in [0.2, 0.25) is 0 Å². The van der Waals surface area contributed by atoms with Crippen molar-refractivity contribution in [3.05, 3.63) is 23.8 Å². The zero-order valence-corrected chi connectivity index (χ0v) is 13.7. The zero-order valence-electron chi connectivity index (χ0n) is 13.7. The molecule has 1 aromatic rings. The largest absolute Gasteiger partial charge is 0.490 e. The Bertz CT molecular complexity index is 599. The fraction of sp³-hybridized carbons (Fsp3) is 0.611. The quantitative estimate of drug-likeness (QED) is 0.830. The molecule has 1 amide bonds. The molecule has 4 rings (SSSR count). The Morgan fingerprint density at radius 3 is 2.58 bits per heavy atom. The molecule has 0 unspecified atom stereocenters. The third-order valence-corrected chi connectivity index (χ3v) is 4.77. The molecular formula is C18H23NO5. The van der Waals surface area contributed by atoms with Crippen LogP contribution in [-0.2, 0) is 9.47 Å². The Kier molecular flexibility index (Phi) is 4.58. The second kappa shape index (κ2) is 6.99. The van der Waals surface area contributed by atoms with Gasteiger partial charge in [-0.25, -0.2) is 0 Å². The molecule has 130 valence electrons. The number of ether oxygens (including phenoxy) is 4. The van der Waals surface area contributed by atoms with Gasteiger partial charge in [-0.1, -0.05) is 0 Å². The van der Waals surface area contributed by atoms with Crippen LogP contribution in [0.4, 0.5) is 0 Å². The van der Waals surface area contributed by atoms with E-state index in [4.69, 9.17) is 18.9 Å². The van der Waals surface area contributed by atoms with Gasteiger partial charge in [-0.05, 0) is 37.5 Å². The van der Waals surface area contributed by atoms with Gasteiger partial charge in [-0.15, -0.1) is 0 Å². The number of amides is 1. The van der Waals surface area contributed by atoms with Crippen molar-refractivity contribution in [1.82, 2.24) is 4.90 Å². The van der Waals surface area contributed by atoms with Crippen LogP contribution in [-0.4, -0.2) is 56.1 Å². The van der Waals surface area contributed by atoms with Crippen LogP contribution in [0.25, 0.3) is 0 Å². The minimum Gasteiger partial charge on any atom is -0.490 e. The molecule has 0 bridgehead atoms. The average molecular weight is 333 g/mol. The molecular weight excluding hydrogens is 310 g/mol. The minimum atomic E-state index is -0.297. The topological polar surface area (TPSA) is 57.2 Å². The highest BCUT2D eigenvalue weighted by atomic mass is 16.7. The lowest BCUT2D eigenvalue weighted by Gasteiger charge is -2.38. The summed E-state index contributed by atoms with van der Waals surface area (Å²) in [7, 11) is 0. The molecule has 0 N–H and O–H groups in total. The van der Waals surface area contributed by atoms with Gasteiger partial charge >= 0.3 is 0 Å². The molecule has 2 saturated heterocycles. The molecule has 6 heteroatoms. The molecule has 1 atom stereocenters. The van der Waals surface area contributed by atoms with E-state index < -0.39 is 0 Å². The fourth-order valence-corrected chi connectivity index (χ4v) is 3.55. The SMILES string of the molecule is O=C(c1ccc2c(c1)OCCCO2)N1CCCC[C@@H]1C1OCCO1. The highest BCUT2D eigenvalue weighted by Crippen LogP contribution is 2.32. The maximum Gasteiger partial charge on any atom is 0.254 e. The van der Waals surface area contributed by atoms with Crippen LogP contribution < -0.4 is 9.47 Å². The summed E-state index contributed by atoms with van der Waals surface area (Å²) < 4.78 is 22.7. The third kappa shape index (κ3) is 3.08. The zero-order chi connectivity index (χ0) is 16.4. The molecule has 0 spiro atoms. The number of carbonyl (C=O) groups excluding carboxylic acids is 1. The third-order valence-electron chi connectivity index (χ3n) is 4.77. The lowest BCUT2D eigenvalue weighted by atomic mass is 10.00. The predicted molar refractivity (Wildman–Crippen MR) is 86.4 cm³/mol. The van der Waals surface area contributed by atoms with E-state index in [1.165, 1.54) is 0 Å². The van der Waals surface area contributed by atoms with Gasteiger partial charge in [-0.3, -0.25) is 4.79 Å². The number of rotatable bonds is 2. The Balaban J connectivity index is 1.56. The van der Waals surface area contributed by atoms with E-state index in [0.29, 0.717) is 43.5 Å². The first-order chi connectivity index (χ1) is 11.8. The summed E-state index contributed by atoms with van der Waals surface area (Å²) in [4.78, 5) is 15.0. The fourth-order valence-electron chi connectivity index (χ4n) is 3.55. The van der Waals surface area contributed by atoms with E-state index in [0.717, 1.165) is 32.2 Å². The molecule has 0 radical (unpaired) electrons. The van der Waals surface area contributed by atoms with Crippen LogP contribution in [0.2, 0.25) is 0 Å². The highest BCUT2D eigenvalue weighted by molar-refractivity contribution is 5.95. The van der Waals surface area contributed by atoms with Crippen molar-refractivity contribution in [2.75, 3.05) is 33.0 Å². The van der Waals surface area contributed by atoms with Gasteiger partial charge < -0.3 is 23.8 Å². The lowest BCUT2D eigenvalue weighted by molar-refractivity contribution is -0.100. The molecule has 0 aromatic heterocycles. The molecule has 0 aliphatic carbocycles. The minimum absolute atomic E-state index is 0.00875. The van der Waals surface area contributed by atoms with E-state index in [2.05, 4.69) is 0 Å². The van der Waals surface area contributed by atoms with Crippen LogP contribution in [0.3, 0.4) is 0 Å². The number of piperidine rings is 1. The molecule has 1 aromatic carbocycles. The van der Waals surface area contributed by atoms with Crippen molar-refractivity contribution in [1.29, 1.82) is 0 Å². The van der Waals surface area contributed by atoms with E-state index >= 15 is 0 Å². The lowest BCUT2D eigenvalue weighted by Crippen LogP contribution is -2.50. The smallest absolute Gasteiger partial charge is 0.254 e.